The van der Waals surface area contributed by atoms with Crippen LogP contribution in [0.25, 0.3) is 0 Å². The first-order chi connectivity index (χ1) is 3.83. The summed E-state index contributed by atoms with van der Waals surface area (Å²) < 4.78 is 4.44. The Morgan fingerprint density at radius 2 is 1.70 bits per heavy atom. The van der Waals surface area contributed by atoms with Gasteiger partial charge in [-0.3, -0.25) is 9.52 Å². The average molecular weight is 237 g/mol. The summed E-state index contributed by atoms with van der Waals surface area (Å²) in [5, 5.41) is 0. The molecule has 0 aromatic rings. The summed E-state index contributed by atoms with van der Waals surface area (Å²) in [7, 11) is 3.93. The SMILES string of the molecule is Br.C[SiH-]C.[CH2-]OCCC.[Mg+2]. The molecule has 0 rings (SSSR count). The largest absolute Gasteiger partial charge is 2.00 e. The molecule has 0 spiro atoms. The van der Waals surface area contributed by atoms with Crippen molar-refractivity contribution in [2.24, 2.45) is 0 Å². The van der Waals surface area contributed by atoms with E-state index in [9.17, 15) is 0 Å². The van der Waals surface area contributed by atoms with Gasteiger partial charge in [-0.1, -0.05) is 6.92 Å². The number of rotatable bonds is 2. The van der Waals surface area contributed by atoms with Crippen LogP contribution in [0, 0.1) is 7.11 Å². The van der Waals surface area contributed by atoms with Crippen molar-refractivity contribution in [2.75, 3.05) is 6.61 Å². The fourth-order valence-electron chi connectivity index (χ4n) is 0.144. The molecule has 10 heavy (non-hydrogen) atoms. The number of halogens is 1. The van der Waals surface area contributed by atoms with Crippen LogP contribution < -0.4 is 0 Å². The second-order valence-corrected chi connectivity index (χ2v) is 2.64. The first-order valence-electron chi connectivity index (χ1n) is 2.94. The van der Waals surface area contributed by atoms with Gasteiger partial charge in [0.1, 0.15) is 0 Å². The molecular weight excluding hydrogens is 220 g/mol. The van der Waals surface area contributed by atoms with Gasteiger partial charge >= 0.3 is 23.1 Å². The molecule has 0 aliphatic rings. The predicted molar refractivity (Wildman–Crippen MR) is 56.6 cm³/mol. The van der Waals surface area contributed by atoms with E-state index in [0.717, 1.165) is 22.5 Å². The van der Waals surface area contributed by atoms with E-state index in [1.54, 1.807) is 0 Å². The molecule has 0 saturated heterocycles. The second-order valence-electron chi connectivity index (χ2n) is 1.49. The van der Waals surface area contributed by atoms with E-state index in [-0.39, 0.29) is 40.0 Å². The molecule has 1 nitrogen and oxygen atoms in total. The smallest absolute Gasteiger partial charge is 0.555 e. The van der Waals surface area contributed by atoms with Gasteiger partial charge in [0.05, 0.1) is 0 Å². The van der Waals surface area contributed by atoms with Crippen molar-refractivity contribution < 1.29 is 4.74 Å². The van der Waals surface area contributed by atoms with Crippen LogP contribution in [0.4, 0.5) is 0 Å². The van der Waals surface area contributed by atoms with Gasteiger partial charge in [-0.25, -0.2) is 7.11 Å². The van der Waals surface area contributed by atoms with Gasteiger partial charge in [0.25, 0.3) is 0 Å². The second kappa shape index (κ2) is 31.5. The summed E-state index contributed by atoms with van der Waals surface area (Å²) in [6, 6.07) is 0. The molecule has 0 aliphatic heterocycles. The van der Waals surface area contributed by atoms with Crippen molar-refractivity contribution in [3.05, 3.63) is 7.11 Å². The molecular formula is C6H17BrMgOSi. The Balaban J connectivity index is -0.0000000326. The van der Waals surface area contributed by atoms with Crippen LogP contribution in [0.15, 0.2) is 0 Å². The Hall–Kier alpha value is 1.42. The van der Waals surface area contributed by atoms with E-state index < -0.39 is 0 Å². The van der Waals surface area contributed by atoms with Crippen molar-refractivity contribution in [2.45, 2.75) is 26.4 Å². The zero-order chi connectivity index (χ0) is 6.83. The molecule has 0 fully saturated rings. The maximum Gasteiger partial charge on any atom is 2.00 e. The van der Waals surface area contributed by atoms with Gasteiger partial charge in [0.15, 0.2) is 0 Å². The molecule has 0 aliphatic carbocycles. The molecule has 0 unspecified atom stereocenters. The topological polar surface area (TPSA) is 9.23 Å². The van der Waals surface area contributed by atoms with Crippen molar-refractivity contribution >= 4 is 49.6 Å². The summed E-state index contributed by atoms with van der Waals surface area (Å²) in [6.07, 6.45) is 1.06. The summed E-state index contributed by atoms with van der Waals surface area (Å²) in [5.41, 5.74) is 0. The Morgan fingerprint density at radius 1 is 1.40 bits per heavy atom. The van der Waals surface area contributed by atoms with Crippen molar-refractivity contribution in [3.63, 3.8) is 0 Å². The third-order valence-electron chi connectivity index (χ3n) is 0.348. The quantitative estimate of drug-likeness (QED) is 0.527. The summed E-state index contributed by atoms with van der Waals surface area (Å²) in [4.78, 5) is 0. The zero-order valence-electron chi connectivity index (χ0n) is 7.22. The van der Waals surface area contributed by atoms with E-state index in [2.05, 4.69) is 24.9 Å². The molecule has 0 aromatic carbocycles. The molecule has 0 aromatic heterocycles. The third kappa shape index (κ3) is 57.1. The maximum atomic E-state index is 4.44. The van der Waals surface area contributed by atoms with Gasteiger partial charge in [-0.05, 0) is 6.42 Å². The molecule has 0 heterocycles. The minimum Gasteiger partial charge on any atom is -0.555 e. The molecule has 60 valence electrons. The summed E-state index contributed by atoms with van der Waals surface area (Å²) in [6.45, 7) is 7.24. The third-order valence-corrected chi connectivity index (χ3v) is 0.348. The van der Waals surface area contributed by atoms with Gasteiger partial charge in [0.2, 0.25) is 0 Å². The van der Waals surface area contributed by atoms with Crippen molar-refractivity contribution in [3.8, 4) is 0 Å². The van der Waals surface area contributed by atoms with Crippen LogP contribution in [0.5, 0.6) is 0 Å². The molecule has 0 N–H and O–H groups in total. The van der Waals surface area contributed by atoms with Crippen molar-refractivity contribution in [1.29, 1.82) is 0 Å². The van der Waals surface area contributed by atoms with Gasteiger partial charge in [0, 0.05) is 6.61 Å². The fraction of sp³-hybridized carbons (Fsp3) is 0.833. The monoisotopic (exact) mass is 236 g/mol. The van der Waals surface area contributed by atoms with E-state index >= 15 is 0 Å². The number of hydrogen-bond donors (Lipinski definition) is 0. The molecule has 4 heteroatoms. The normalized spacial score (nSPS) is 6.00. The number of hydrogen-bond acceptors (Lipinski definition) is 1. The molecule has 0 radical (unpaired) electrons. The molecule has 0 saturated carbocycles. The first kappa shape index (κ1) is 22.5. The van der Waals surface area contributed by atoms with Crippen LogP contribution in [-0.2, 0) is 4.74 Å². The molecule has 0 bridgehead atoms. The molecule has 0 atom stereocenters. The first-order valence-corrected chi connectivity index (χ1v) is 5.25. The Labute approximate surface area is 94.0 Å². The summed E-state index contributed by atoms with van der Waals surface area (Å²) in [5.74, 6) is 0. The van der Waals surface area contributed by atoms with Crippen LogP contribution >= 0.6 is 17.0 Å². The Morgan fingerprint density at radius 3 is 1.70 bits per heavy atom. The van der Waals surface area contributed by atoms with Gasteiger partial charge in [-0.2, -0.15) is 13.1 Å². The Bertz CT molecular complexity index is 31.7. The van der Waals surface area contributed by atoms with Crippen LogP contribution in [0.1, 0.15) is 13.3 Å². The number of ether oxygens (including phenoxy) is 1. The van der Waals surface area contributed by atoms with E-state index in [1.165, 1.54) is 0 Å². The molecule has 0 amide bonds. The maximum absolute atomic E-state index is 4.44. The van der Waals surface area contributed by atoms with Crippen molar-refractivity contribution in [1.82, 2.24) is 0 Å². The van der Waals surface area contributed by atoms with Crippen LogP contribution in [0.2, 0.25) is 13.1 Å². The average Bonchev–Trinajstić information content (AvgIpc) is 1.71. The van der Waals surface area contributed by atoms with Gasteiger partial charge in [-0.15, -0.1) is 17.0 Å². The minimum absolute atomic E-state index is 0. The fourth-order valence-corrected chi connectivity index (χ4v) is 0.144. The van der Waals surface area contributed by atoms with Crippen LogP contribution in [0.3, 0.4) is 0 Å². The Kier molecular flexibility index (Phi) is 70.9. The predicted octanol–water partition coefficient (Wildman–Crippen LogP) is 1.92. The standard InChI is InChI=1S/C4H9O.C2H7Si.BrH.Mg/c1-3-4-5-2;1-3-2;;/h2-4H2,1H3;3H,1-2H3;1H;/q2*-1;;+2. The summed E-state index contributed by atoms with van der Waals surface area (Å²) >= 11 is 0. The van der Waals surface area contributed by atoms with Crippen LogP contribution in [-0.4, -0.2) is 39.2 Å². The van der Waals surface area contributed by atoms with E-state index in [1.807, 2.05) is 6.92 Å². The van der Waals surface area contributed by atoms with E-state index in [0.29, 0.717) is 0 Å². The minimum atomic E-state index is 0. The van der Waals surface area contributed by atoms with Gasteiger partial charge < -0.3 is 4.74 Å². The van der Waals surface area contributed by atoms with E-state index in [4.69, 9.17) is 0 Å². The zero-order valence-corrected chi connectivity index (χ0v) is 11.5.